The minimum Gasteiger partial charge on any atom is -0.478 e. The Morgan fingerprint density at radius 1 is 1.07 bits per heavy atom. The molecule has 0 saturated carbocycles. The van der Waals surface area contributed by atoms with Crippen molar-refractivity contribution in [2.45, 2.75) is 18.1 Å². The average molecular weight is 222 g/mol. The first kappa shape index (κ1) is 13.6. The van der Waals surface area contributed by atoms with Crippen LogP contribution in [0.2, 0.25) is 18.1 Å². The zero-order valence-corrected chi connectivity index (χ0v) is 9.98. The van der Waals surface area contributed by atoms with E-state index in [4.69, 9.17) is 5.11 Å². The van der Waals surface area contributed by atoms with Crippen LogP contribution in [0.1, 0.15) is 0 Å². The molecule has 0 spiro atoms. The first-order valence-electron chi connectivity index (χ1n) is 4.85. The molecule has 0 bridgehead atoms. The molecule has 3 heteroatoms. The predicted octanol–water partition coefficient (Wildman–Crippen LogP) is 3.17. The normalized spacial score (nSPS) is 11.2. The molecular weight excluding hydrogens is 204 g/mol. The first-order chi connectivity index (χ1) is 7.10. The number of rotatable bonds is 8. The van der Waals surface area contributed by atoms with Crippen molar-refractivity contribution in [3.05, 3.63) is 49.7 Å². The van der Waals surface area contributed by atoms with Gasteiger partial charge in [0.2, 0.25) is 0 Å². The molecule has 2 nitrogen and oxygen atoms in total. The SMILES string of the molecule is C=CC[Si](C=CC(=O)O)(CC=C)CC=C. The number of allylic oxidation sites excluding steroid dienone is 3. The number of carboxylic acids is 1. The van der Waals surface area contributed by atoms with Crippen LogP contribution in [0.25, 0.3) is 0 Å². The number of hydrogen-bond acceptors (Lipinski definition) is 1. The molecule has 0 aromatic carbocycles. The van der Waals surface area contributed by atoms with Gasteiger partial charge in [0.15, 0.2) is 0 Å². The Morgan fingerprint density at radius 2 is 1.47 bits per heavy atom. The van der Waals surface area contributed by atoms with E-state index in [2.05, 4.69) is 19.7 Å². The standard InChI is InChI=1S/C12H18O2Si/c1-4-8-15(9-5-2,10-6-3)11-7-12(13)14/h4-7,11H,1-3,8-10H2,(H,13,14). The lowest BCUT2D eigenvalue weighted by Gasteiger charge is -2.24. The van der Waals surface area contributed by atoms with Crippen molar-refractivity contribution >= 4 is 14.0 Å². The van der Waals surface area contributed by atoms with Gasteiger partial charge in [0.1, 0.15) is 0 Å². The summed E-state index contributed by atoms with van der Waals surface area (Å²) >= 11 is 0. The van der Waals surface area contributed by atoms with Gasteiger partial charge in [-0.3, -0.25) is 0 Å². The van der Waals surface area contributed by atoms with Gasteiger partial charge in [0.25, 0.3) is 0 Å². The average Bonchev–Trinajstić information content (AvgIpc) is 2.16. The second-order valence-electron chi connectivity index (χ2n) is 3.51. The lowest BCUT2D eigenvalue weighted by Crippen LogP contribution is -2.30. The van der Waals surface area contributed by atoms with Gasteiger partial charge in [-0.1, -0.05) is 23.9 Å². The summed E-state index contributed by atoms with van der Waals surface area (Å²) in [5.74, 6) is -0.899. The Bertz CT molecular complexity index is 253. The molecule has 82 valence electrons. The molecule has 15 heavy (non-hydrogen) atoms. The Kier molecular flexibility index (Phi) is 6.38. The molecule has 0 atom stereocenters. The van der Waals surface area contributed by atoms with Crippen molar-refractivity contribution in [2.75, 3.05) is 0 Å². The number of hydrogen-bond donors (Lipinski definition) is 1. The minimum absolute atomic E-state index is 0.856. The Morgan fingerprint density at radius 3 is 1.73 bits per heavy atom. The lowest BCUT2D eigenvalue weighted by atomic mass is 10.7. The van der Waals surface area contributed by atoms with Gasteiger partial charge < -0.3 is 5.11 Å². The van der Waals surface area contributed by atoms with Gasteiger partial charge >= 0.3 is 5.97 Å². The van der Waals surface area contributed by atoms with Crippen LogP contribution in [0.3, 0.4) is 0 Å². The molecule has 0 aliphatic carbocycles. The first-order valence-corrected chi connectivity index (χ1v) is 7.55. The van der Waals surface area contributed by atoms with Crippen molar-refractivity contribution in [3.63, 3.8) is 0 Å². The van der Waals surface area contributed by atoms with E-state index in [1.54, 1.807) is 0 Å². The molecule has 0 aromatic heterocycles. The van der Waals surface area contributed by atoms with Crippen LogP contribution in [0.4, 0.5) is 0 Å². The van der Waals surface area contributed by atoms with Gasteiger partial charge in [-0.05, 0) is 18.1 Å². The fourth-order valence-electron chi connectivity index (χ4n) is 1.56. The van der Waals surface area contributed by atoms with Gasteiger partial charge in [0.05, 0.1) is 8.07 Å². The molecular formula is C12H18O2Si. The third-order valence-corrected chi connectivity index (χ3v) is 6.41. The van der Waals surface area contributed by atoms with Crippen molar-refractivity contribution in [3.8, 4) is 0 Å². The minimum atomic E-state index is -1.77. The maximum absolute atomic E-state index is 10.5. The van der Waals surface area contributed by atoms with Crippen LogP contribution >= 0.6 is 0 Å². The van der Waals surface area contributed by atoms with Crippen LogP contribution in [0.5, 0.6) is 0 Å². The van der Waals surface area contributed by atoms with E-state index in [0.29, 0.717) is 0 Å². The zero-order valence-electron chi connectivity index (χ0n) is 8.98. The molecule has 0 unspecified atom stereocenters. The summed E-state index contributed by atoms with van der Waals surface area (Å²) in [5.41, 5.74) is 1.85. The smallest absolute Gasteiger partial charge is 0.327 e. The van der Waals surface area contributed by atoms with Crippen LogP contribution in [-0.4, -0.2) is 19.1 Å². The summed E-state index contributed by atoms with van der Waals surface area (Å²) in [4.78, 5) is 10.5. The van der Waals surface area contributed by atoms with Crippen LogP contribution in [0.15, 0.2) is 49.7 Å². The Hall–Kier alpha value is -1.35. The van der Waals surface area contributed by atoms with E-state index < -0.39 is 14.0 Å². The number of carbonyl (C=O) groups is 1. The summed E-state index contributed by atoms with van der Waals surface area (Å²) in [6.07, 6.45) is 6.80. The molecule has 0 aromatic rings. The topological polar surface area (TPSA) is 37.3 Å². The second kappa shape index (κ2) is 7.01. The molecule has 0 heterocycles. The monoisotopic (exact) mass is 222 g/mol. The van der Waals surface area contributed by atoms with E-state index in [-0.39, 0.29) is 0 Å². The second-order valence-corrected chi connectivity index (χ2v) is 7.80. The van der Waals surface area contributed by atoms with Crippen LogP contribution < -0.4 is 0 Å². The van der Waals surface area contributed by atoms with Gasteiger partial charge in [-0.2, -0.15) is 0 Å². The molecule has 0 aliphatic heterocycles. The summed E-state index contributed by atoms with van der Waals surface area (Å²) in [7, 11) is -1.77. The largest absolute Gasteiger partial charge is 0.478 e. The summed E-state index contributed by atoms with van der Waals surface area (Å²) in [5, 5.41) is 8.64. The highest BCUT2D eigenvalue weighted by Gasteiger charge is 2.25. The van der Waals surface area contributed by atoms with Gasteiger partial charge in [0, 0.05) is 6.08 Å². The maximum atomic E-state index is 10.5. The highest BCUT2D eigenvalue weighted by molar-refractivity contribution is 6.85. The Labute approximate surface area is 92.3 Å². The summed E-state index contributed by atoms with van der Waals surface area (Å²) in [6, 6.07) is 2.57. The fourth-order valence-corrected chi connectivity index (χ4v) is 4.69. The van der Waals surface area contributed by atoms with E-state index in [1.807, 2.05) is 23.9 Å². The fraction of sp³-hybridized carbons (Fsp3) is 0.250. The molecule has 0 fully saturated rings. The third-order valence-electron chi connectivity index (χ3n) is 2.23. The predicted molar refractivity (Wildman–Crippen MR) is 67.5 cm³/mol. The number of carboxylic acid groups (broad SMARTS) is 1. The van der Waals surface area contributed by atoms with Gasteiger partial charge in [-0.25, -0.2) is 4.79 Å². The van der Waals surface area contributed by atoms with Crippen molar-refractivity contribution in [1.29, 1.82) is 0 Å². The van der Waals surface area contributed by atoms with Gasteiger partial charge in [-0.15, -0.1) is 19.7 Å². The lowest BCUT2D eigenvalue weighted by molar-refractivity contribution is -0.131. The Balaban J connectivity index is 4.89. The summed E-state index contributed by atoms with van der Waals surface area (Å²) < 4.78 is 0. The van der Waals surface area contributed by atoms with E-state index in [1.165, 1.54) is 6.08 Å². The highest BCUT2D eigenvalue weighted by atomic mass is 28.3. The molecule has 0 saturated heterocycles. The van der Waals surface area contributed by atoms with E-state index in [9.17, 15) is 4.79 Å². The maximum Gasteiger partial charge on any atom is 0.327 e. The number of aliphatic carboxylic acids is 1. The molecule has 1 N–H and O–H groups in total. The quantitative estimate of drug-likeness (QED) is 0.389. The van der Waals surface area contributed by atoms with Crippen LogP contribution in [0, 0.1) is 0 Å². The zero-order chi connectivity index (χ0) is 11.7. The van der Waals surface area contributed by atoms with E-state index >= 15 is 0 Å². The third kappa shape index (κ3) is 5.17. The summed E-state index contributed by atoms with van der Waals surface area (Å²) in [6.45, 7) is 11.2. The molecule has 0 rings (SSSR count). The van der Waals surface area contributed by atoms with Crippen molar-refractivity contribution < 1.29 is 9.90 Å². The van der Waals surface area contributed by atoms with Crippen molar-refractivity contribution in [2.24, 2.45) is 0 Å². The van der Waals surface area contributed by atoms with E-state index in [0.717, 1.165) is 18.1 Å². The van der Waals surface area contributed by atoms with Crippen molar-refractivity contribution in [1.82, 2.24) is 0 Å². The molecule has 0 radical (unpaired) electrons. The molecule has 0 aliphatic rings. The highest BCUT2D eigenvalue weighted by Crippen LogP contribution is 2.24. The van der Waals surface area contributed by atoms with Crippen LogP contribution in [-0.2, 0) is 4.79 Å². The molecule has 0 amide bonds.